The van der Waals surface area contributed by atoms with Crippen LogP contribution in [0.2, 0.25) is 0 Å². The Balaban J connectivity index is 1.54. The summed E-state index contributed by atoms with van der Waals surface area (Å²) < 4.78 is 11.9. The standard InChI is InChI=1S/C30H36BrN3O6/c1-4-33(5-2)20-14-12-19(13-15-20)32-27(36)26-30-16-21(31)25(40-30)23(29(38)39-6-3)24(30)28(37)34(26)22(17-35)18-10-8-7-9-11-18/h7-15,21-26,35H,4-6,16-17H2,1-3H3,(H,32,36)/t21?,22-,23+,24-,25+,26+,30-/m1/s1. The first kappa shape index (κ1) is 28.6. The van der Waals surface area contributed by atoms with Gasteiger partial charge < -0.3 is 29.7 Å². The molecular weight excluding hydrogens is 578 g/mol. The average Bonchev–Trinajstić information content (AvgIpc) is 3.55. The van der Waals surface area contributed by atoms with Gasteiger partial charge in [-0.05, 0) is 57.0 Å². The smallest absolute Gasteiger partial charge is 0.312 e. The SMILES string of the molecule is CCOC(=O)[C@@H]1[C@H]2O[C@@]3(CC2Br)[C@H](C(=O)Nc2ccc(N(CC)CC)cc2)N([C@H](CO)c2ccccc2)C(=O)[C@@H]13. The minimum atomic E-state index is -1.25. The minimum absolute atomic E-state index is 0.170. The summed E-state index contributed by atoms with van der Waals surface area (Å²) in [4.78, 5) is 45.0. The Labute approximate surface area is 242 Å². The van der Waals surface area contributed by atoms with E-state index >= 15 is 0 Å². The van der Waals surface area contributed by atoms with E-state index in [9.17, 15) is 19.5 Å². The van der Waals surface area contributed by atoms with Crippen LogP contribution in [0, 0.1) is 11.8 Å². The molecule has 3 aliphatic rings. The van der Waals surface area contributed by atoms with E-state index in [0.29, 0.717) is 17.7 Å². The molecule has 1 unspecified atom stereocenters. The predicted molar refractivity (Wildman–Crippen MR) is 154 cm³/mol. The number of ether oxygens (including phenoxy) is 2. The van der Waals surface area contributed by atoms with E-state index in [0.717, 1.165) is 18.8 Å². The summed E-state index contributed by atoms with van der Waals surface area (Å²) in [5.41, 5.74) is 1.06. The zero-order valence-corrected chi connectivity index (χ0v) is 24.5. The lowest BCUT2D eigenvalue weighted by Crippen LogP contribution is -2.54. The number of amides is 2. The van der Waals surface area contributed by atoms with Gasteiger partial charge in [0.15, 0.2) is 0 Å². The number of nitrogens with one attached hydrogen (secondary N) is 1. The molecule has 40 heavy (non-hydrogen) atoms. The maximum absolute atomic E-state index is 14.3. The number of aliphatic hydroxyl groups excluding tert-OH is 1. The van der Waals surface area contributed by atoms with Crippen molar-refractivity contribution in [1.29, 1.82) is 0 Å². The summed E-state index contributed by atoms with van der Waals surface area (Å²) in [6.07, 6.45) is -0.227. The van der Waals surface area contributed by atoms with Gasteiger partial charge in [-0.15, -0.1) is 0 Å². The van der Waals surface area contributed by atoms with Crippen molar-refractivity contribution < 1.29 is 29.0 Å². The van der Waals surface area contributed by atoms with Gasteiger partial charge in [-0.1, -0.05) is 46.3 Å². The molecule has 1 spiro atoms. The first-order valence-electron chi connectivity index (χ1n) is 13.9. The maximum Gasteiger partial charge on any atom is 0.312 e. The molecule has 0 radical (unpaired) electrons. The van der Waals surface area contributed by atoms with Crippen LogP contribution in [0.3, 0.4) is 0 Å². The Hall–Kier alpha value is -2.95. The largest absolute Gasteiger partial charge is 0.466 e. The second-order valence-electron chi connectivity index (χ2n) is 10.5. The van der Waals surface area contributed by atoms with E-state index in [1.807, 2.05) is 54.6 Å². The molecule has 2 N–H and O–H groups in total. The highest BCUT2D eigenvalue weighted by molar-refractivity contribution is 9.09. The van der Waals surface area contributed by atoms with E-state index in [2.05, 4.69) is 40.0 Å². The minimum Gasteiger partial charge on any atom is -0.466 e. The molecule has 0 aromatic heterocycles. The monoisotopic (exact) mass is 613 g/mol. The van der Waals surface area contributed by atoms with E-state index in [1.54, 1.807) is 6.92 Å². The van der Waals surface area contributed by atoms with Gasteiger partial charge in [0.1, 0.15) is 11.6 Å². The molecule has 2 amide bonds. The molecule has 7 atom stereocenters. The molecular formula is C30H36BrN3O6. The summed E-state index contributed by atoms with van der Waals surface area (Å²) >= 11 is 3.66. The van der Waals surface area contributed by atoms with Crippen molar-refractivity contribution in [3.05, 3.63) is 60.2 Å². The van der Waals surface area contributed by atoms with Gasteiger partial charge in [0, 0.05) is 29.3 Å². The second kappa shape index (κ2) is 11.5. The summed E-state index contributed by atoms with van der Waals surface area (Å²) in [6.45, 7) is 7.39. The molecule has 2 bridgehead atoms. The Morgan fingerprint density at radius 2 is 1.82 bits per heavy atom. The number of likely N-dealkylation sites (tertiary alicyclic amines) is 1. The Morgan fingerprint density at radius 3 is 2.42 bits per heavy atom. The number of carbonyl (C=O) groups is 3. The van der Waals surface area contributed by atoms with Gasteiger partial charge in [-0.2, -0.15) is 0 Å². The number of fused-ring (bicyclic) bond motifs is 1. The third-order valence-corrected chi connectivity index (χ3v) is 9.34. The number of alkyl halides is 1. The van der Waals surface area contributed by atoms with Crippen molar-refractivity contribution in [2.24, 2.45) is 11.8 Å². The van der Waals surface area contributed by atoms with Gasteiger partial charge in [-0.3, -0.25) is 14.4 Å². The Bertz CT molecular complexity index is 1240. The van der Waals surface area contributed by atoms with Crippen LogP contribution < -0.4 is 10.2 Å². The van der Waals surface area contributed by atoms with E-state index in [4.69, 9.17) is 9.47 Å². The average molecular weight is 615 g/mol. The Morgan fingerprint density at radius 1 is 1.15 bits per heavy atom. The lowest BCUT2D eigenvalue weighted by Gasteiger charge is -2.37. The van der Waals surface area contributed by atoms with Crippen LogP contribution in [0.25, 0.3) is 0 Å². The van der Waals surface area contributed by atoms with Crippen LogP contribution in [-0.4, -0.2) is 76.7 Å². The normalized spacial score (nSPS) is 29.3. The fourth-order valence-corrected chi connectivity index (χ4v) is 7.74. The number of hydrogen-bond donors (Lipinski definition) is 2. The fraction of sp³-hybridized carbons (Fsp3) is 0.500. The number of esters is 1. The summed E-state index contributed by atoms with van der Waals surface area (Å²) in [5.74, 6) is -3.08. The molecule has 3 fully saturated rings. The molecule has 5 rings (SSSR count). The van der Waals surface area contributed by atoms with Gasteiger partial charge in [0.25, 0.3) is 0 Å². The van der Waals surface area contributed by atoms with Crippen molar-refractivity contribution in [2.75, 3.05) is 36.5 Å². The number of anilines is 2. The molecule has 3 saturated heterocycles. The highest BCUT2D eigenvalue weighted by Gasteiger charge is 2.77. The third kappa shape index (κ3) is 4.59. The topological polar surface area (TPSA) is 108 Å². The number of hydrogen-bond acceptors (Lipinski definition) is 7. The number of rotatable bonds is 10. The summed E-state index contributed by atoms with van der Waals surface area (Å²) in [5, 5.41) is 13.5. The van der Waals surface area contributed by atoms with Crippen molar-refractivity contribution in [3.8, 4) is 0 Å². The number of carbonyl (C=O) groups excluding carboxylic acids is 3. The molecule has 214 valence electrons. The number of benzene rings is 2. The van der Waals surface area contributed by atoms with E-state index in [-0.39, 0.29) is 17.3 Å². The Kier molecular flexibility index (Phi) is 8.22. The second-order valence-corrected chi connectivity index (χ2v) is 11.7. The molecule has 3 aliphatic heterocycles. The van der Waals surface area contributed by atoms with Crippen LogP contribution >= 0.6 is 15.9 Å². The van der Waals surface area contributed by atoms with Crippen molar-refractivity contribution >= 4 is 45.1 Å². The van der Waals surface area contributed by atoms with Crippen LogP contribution in [0.4, 0.5) is 11.4 Å². The molecule has 0 saturated carbocycles. The van der Waals surface area contributed by atoms with Crippen molar-refractivity contribution in [1.82, 2.24) is 4.90 Å². The van der Waals surface area contributed by atoms with Crippen LogP contribution in [-0.2, 0) is 23.9 Å². The molecule has 2 aromatic carbocycles. The zero-order chi connectivity index (χ0) is 28.6. The molecule has 9 nitrogen and oxygen atoms in total. The lowest BCUT2D eigenvalue weighted by atomic mass is 9.70. The maximum atomic E-state index is 14.3. The zero-order valence-electron chi connectivity index (χ0n) is 23.0. The van der Waals surface area contributed by atoms with Crippen molar-refractivity contribution in [2.45, 2.75) is 55.8 Å². The van der Waals surface area contributed by atoms with Gasteiger partial charge in [-0.25, -0.2) is 0 Å². The fourth-order valence-electron chi connectivity index (χ4n) is 6.80. The van der Waals surface area contributed by atoms with Gasteiger partial charge in [0.2, 0.25) is 11.8 Å². The van der Waals surface area contributed by atoms with E-state index in [1.165, 1.54) is 4.90 Å². The first-order chi connectivity index (χ1) is 19.3. The third-order valence-electron chi connectivity index (χ3n) is 8.49. The van der Waals surface area contributed by atoms with Gasteiger partial charge >= 0.3 is 5.97 Å². The highest BCUT2D eigenvalue weighted by atomic mass is 79.9. The quantitative estimate of drug-likeness (QED) is 0.312. The molecule has 3 heterocycles. The molecule has 10 heteroatoms. The number of aliphatic hydroxyl groups is 1. The summed E-state index contributed by atoms with van der Waals surface area (Å²) in [7, 11) is 0. The van der Waals surface area contributed by atoms with Gasteiger partial charge in [0.05, 0.1) is 37.2 Å². The first-order valence-corrected chi connectivity index (χ1v) is 14.8. The summed E-state index contributed by atoms with van der Waals surface area (Å²) in [6, 6.07) is 14.8. The van der Waals surface area contributed by atoms with Crippen molar-refractivity contribution in [3.63, 3.8) is 0 Å². The van der Waals surface area contributed by atoms with Crippen LogP contribution in [0.15, 0.2) is 54.6 Å². The molecule has 2 aromatic rings. The highest BCUT2D eigenvalue weighted by Crippen LogP contribution is 2.61. The number of nitrogens with zero attached hydrogens (tertiary/aromatic N) is 2. The predicted octanol–water partition coefficient (Wildman–Crippen LogP) is 3.52. The number of halogens is 1. The van der Waals surface area contributed by atoms with Crippen LogP contribution in [0.1, 0.15) is 38.8 Å². The van der Waals surface area contributed by atoms with E-state index < -0.39 is 54.1 Å². The van der Waals surface area contributed by atoms with Crippen LogP contribution in [0.5, 0.6) is 0 Å². The molecule has 0 aliphatic carbocycles. The lowest BCUT2D eigenvalue weighted by molar-refractivity contribution is -0.155.